The summed E-state index contributed by atoms with van der Waals surface area (Å²) in [5, 5.41) is 3.61. The van der Waals surface area contributed by atoms with Gasteiger partial charge in [0, 0.05) is 17.8 Å². The van der Waals surface area contributed by atoms with Crippen LogP contribution in [0.15, 0.2) is 18.2 Å². The summed E-state index contributed by atoms with van der Waals surface area (Å²) in [6.07, 6.45) is 6.61. The fourth-order valence-corrected chi connectivity index (χ4v) is 2.62. The Bertz CT molecular complexity index is 386. The molecule has 0 saturated heterocycles. The van der Waals surface area contributed by atoms with Gasteiger partial charge in [0.25, 0.3) is 0 Å². The van der Waals surface area contributed by atoms with Crippen molar-refractivity contribution in [3.05, 3.63) is 18.2 Å². The quantitative estimate of drug-likeness (QED) is 0.833. The smallest absolute Gasteiger partial charge is 0.163 e. The maximum atomic E-state index is 5.65. The minimum Gasteiger partial charge on any atom is -0.490 e. The summed E-state index contributed by atoms with van der Waals surface area (Å²) in [4.78, 5) is 0. The highest BCUT2D eigenvalue weighted by Crippen LogP contribution is 2.32. The fraction of sp³-hybridized carbons (Fsp3) is 0.625. The summed E-state index contributed by atoms with van der Waals surface area (Å²) < 4.78 is 11.2. The third kappa shape index (κ3) is 4.05. The Balaban J connectivity index is 2.05. The molecule has 1 N–H and O–H groups in total. The van der Waals surface area contributed by atoms with Crippen LogP contribution in [0, 0.1) is 0 Å². The molecule has 1 saturated carbocycles. The lowest BCUT2D eigenvalue weighted by atomic mass is 9.95. The molecule has 0 aromatic heterocycles. The third-order valence-electron chi connectivity index (χ3n) is 3.52. The lowest BCUT2D eigenvalue weighted by molar-refractivity contribution is 0.288. The van der Waals surface area contributed by atoms with Gasteiger partial charge in [-0.25, -0.2) is 0 Å². The number of hydrogen-bond donors (Lipinski definition) is 1. The molecule has 0 bridgehead atoms. The third-order valence-corrected chi connectivity index (χ3v) is 3.52. The average molecular weight is 263 g/mol. The Morgan fingerprint density at radius 3 is 2.37 bits per heavy atom. The number of rotatable bonds is 6. The Morgan fingerprint density at radius 2 is 1.68 bits per heavy atom. The highest BCUT2D eigenvalue weighted by molar-refractivity contribution is 5.55. The van der Waals surface area contributed by atoms with Crippen LogP contribution in [0.5, 0.6) is 11.5 Å². The first kappa shape index (κ1) is 14.0. The molecule has 0 atom stereocenters. The fourth-order valence-electron chi connectivity index (χ4n) is 2.62. The SMILES string of the molecule is CCOc1ccc(NC2CCCCC2)cc1OCC. The van der Waals surface area contributed by atoms with E-state index in [9.17, 15) is 0 Å². The summed E-state index contributed by atoms with van der Waals surface area (Å²) in [6.45, 7) is 5.31. The number of hydrogen-bond acceptors (Lipinski definition) is 3. The van der Waals surface area contributed by atoms with Gasteiger partial charge in [-0.3, -0.25) is 0 Å². The molecule has 0 radical (unpaired) electrons. The van der Waals surface area contributed by atoms with Crippen LogP contribution in [0.4, 0.5) is 5.69 Å². The zero-order chi connectivity index (χ0) is 13.5. The van der Waals surface area contributed by atoms with Gasteiger partial charge in [-0.1, -0.05) is 19.3 Å². The number of ether oxygens (including phenoxy) is 2. The number of anilines is 1. The van der Waals surface area contributed by atoms with Crippen LogP contribution in [0.1, 0.15) is 46.0 Å². The Labute approximate surface area is 116 Å². The largest absolute Gasteiger partial charge is 0.490 e. The predicted octanol–water partition coefficient (Wildman–Crippen LogP) is 4.23. The lowest BCUT2D eigenvalue weighted by Crippen LogP contribution is -2.22. The van der Waals surface area contributed by atoms with E-state index in [1.165, 1.54) is 32.1 Å². The average Bonchev–Trinajstić information content (AvgIpc) is 2.43. The first-order chi connectivity index (χ1) is 9.33. The molecule has 3 nitrogen and oxygen atoms in total. The Kier molecular flexibility index (Phi) is 5.37. The molecule has 2 rings (SSSR count). The van der Waals surface area contributed by atoms with E-state index in [1.807, 2.05) is 19.9 Å². The zero-order valence-corrected chi connectivity index (χ0v) is 12.1. The molecule has 0 spiro atoms. The molecular weight excluding hydrogens is 238 g/mol. The maximum absolute atomic E-state index is 5.65. The minimum absolute atomic E-state index is 0.612. The van der Waals surface area contributed by atoms with E-state index in [4.69, 9.17) is 9.47 Å². The first-order valence-electron chi connectivity index (χ1n) is 7.49. The molecule has 0 amide bonds. The van der Waals surface area contributed by atoms with E-state index >= 15 is 0 Å². The Hall–Kier alpha value is -1.38. The molecule has 1 aliphatic carbocycles. The molecule has 106 valence electrons. The van der Waals surface area contributed by atoms with Crippen LogP contribution in [-0.4, -0.2) is 19.3 Å². The molecule has 0 heterocycles. The van der Waals surface area contributed by atoms with E-state index in [0.717, 1.165) is 17.2 Å². The van der Waals surface area contributed by atoms with Gasteiger partial charge in [0.2, 0.25) is 0 Å². The van der Waals surface area contributed by atoms with Crippen molar-refractivity contribution in [3.63, 3.8) is 0 Å². The van der Waals surface area contributed by atoms with Crippen LogP contribution in [0.3, 0.4) is 0 Å². The molecule has 19 heavy (non-hydrogen) atoms. The summed E-state index contributed by atoms with van der Waals surface area (Å²) >= 11 is 0. The standard InChI is InChI=1S/C16H25NO2/c1-3-18-15-11-10-14(12-16(15)19-4-2)17-13-8-6-5-7-9-13/h10-13,17H,3-9H2,1-2H3. The summed E-state index contributed by atoms with van der Waals surface area (Å²) in [7, 11) is 0. The van der Waals surface area contributed by atoms with Crippen molar-refractivity contribution in [1.82, 2.24) is 0 Å². The van der Waals surface area contributed by atoms with Gasteiger partial charge in [-0.05, 0) is 38.8 Å². The molecule has 0 unspecified atom stereocenters. The minimum atomic E-state index is 0.612. The topological polar surface area (TPSA) is 30.5 Å². The van der Waals surface area contributed by atoms with Crippen molar-refractivity contribution in [2.45, 2.75) is 52.0 Å². The molecule has 1 aliphatic rings. The molecule has 0 aliphatic heterocycles. The molecule has 1 fully saturated rings. The van der Waals surface area contributed by atoms with Gasteiger partial charge in [0.05, 0.1) is 13.2 Å². The van der Waals surface area contributed by atoms with Crippen LogP contribution in [-0.2, 0) is 0 Å². The van der Waals surface area contributed by atoms with Gasteiger partial charge in [0.15, 0.2) is 11.5 Å². The number of nitrogens with one attached hydrogen (secondary N) is 1. The maximum Gasteiger partial charge on any atom is 0.163 e. The zero-order valence-electron chi connectivity index (χ0n) is 12.1. The predicted molar refractivity (Wildman–Crippen MR) is 79.3 cm³/mol. The van der Waals surface area contributed by atoms with E-state index in [0.29, 0.717) is 19.3 Å². The monoisotopic (exact) mass is 263 g/mol. The first-order valence-corrected chi connectivity index (χ1v) is 7.49. The van der Waals surface area contributed by atoms with E-state index in [2.05, 4.69) is 17.4 Å². The van der Waals surface area contributed by atoms with E-state index in [1.54, 1.807) is 0 Å². The molecule has 3 heteroatoms. The van der Waals surface area contributed by atoms with Crippen molar-refractivity contribution in [2.24, 2.45) is 0 Å². The van der Waals surface area contributed by atoms with Crippen molar-refractivity contribution in [3.8, 4) is 11.5 Å². The van der Waals surface area contributed by atoms with E-state index in [-0.39, 0.29) is 0 Å². The highest BCUT2D eigenvalue weighted by atomic mass is 16.5. The van der Waals surface area contributed by atoms with Gasteiger partial charge >= 0.3 is 0 Å². The second-order valence-corrected chi connectivity index (χ2v) is 5.01. The highest BCUT2D eigenvalue weighted by Gasteiger charge is 2.14. The van der Waals surface area contributed by atoms with Gasteiger partial charge in [-0.15, -0.1) is 0 Å². The van der Waals surface area contributed by atoms with Crippen LogP contribution < -0.4 is 14.8 Å². The second-order valence-electron chi connectivity index (χ2n) is 5.01. The van der Waals surface area contributed by atoms with E-state index < -0.39 is 0 Å². The van der Waals surface area contributed by atoms with Crippen LogP contribution in [0.25, 0.3) is 0 Å². The van der Waals surface area contributed by atoms with Crippen LogP contribution in [0.2, 0.25) is 0 Å². The summed E-state index contributed by atoms with van der Waals surface area (Å²) in [5.41, 5.74) is 1.14. The van der Waals surface area contributed by atoms with Gasteiger partial charge in [0.1, 0.15) is 0 Å². The Morgan fingerprint density at radius 1 is 1.00 bits per heavy atom. The van der Waals surface area contributed by atoms with Crippen molar-refractivity contribution >= 4 is 5.69 Å². The summed E-state index contributed by atoms with van der Waals surface area (Å²) in [6, 6.07) is 6.76. The summed E-state index contributed by atoms with van der Waals surface area (Å²) in [5.74, 6) is 1.67. The normalized spacial score (nSPS) is 16.1. The van der Waals surface area contributed by atoms with Crippen molar-refractivity contribution in [1.29, 1.82) is 0 Å². The number of benzene rings is 1. The lowest BCUT2D eigenvalue weighted by Gasteiger charge is -2.24. The van der Waals surface area contributed by atoms with Crippen molar-refractivity contribution < 1.29 is 9.47 Å². The molecule has 1 aromatic rings. The second kappa shape index (κ2) is 7.27. The van der Waals surface area contributed by atoms with Gasteiger partial charge in [-0.2, -0.15) is 0 Å². The van der Waals surface area contributed by atoms with Crippen LogP contribution >= 0.6 is 0 Å². The van der Waals surface area contributed by atoms with Gasteiger partial charge < -0.3 is 14.8 Å². The molecule has 1 aromatic carbocycles. The molecular formula is C16H25NO2. The van der Waals surface area contributed by atoms with Crippen molar-refractivity contribution in [2.75, 3.05) is 18.5 Å².